The molecule has 0 bridgehead atoms. The lowest BCUT2D eigenvalue weighted by Crippen LogP contribution is -2.11. The largest absolute Gasteiger partial charge is 0.330 e. The van der Waals surface area contributed by atoms with Crippen LogP contribution in [0.15, 0.2) is 24.3 Å². The maximum absolute atomic E-state index is 12.1. The van der Waals surface area contributed by atoms with Gasteiger partial charge in [-0.3, -0.25) is 4.79 Å². The van der Waals surface area contributed by atoms with Gasteiger partial charge in [0.2, 0.25) is 0 Å². The molecule has 0 saturated carbocycles. The maximum atomic E-state index is 12.1. The molecule has 2 N–H and O–H groups in total. The number of rotatable bonds is 6. The molecule has 0 radical (unpaired) electrons. The quantitative estimate of drug-likeness (QED) is 0.748. The summed E-state index contributed by atoms with van der Waals surface area (Å²) < 4.78 is 0. The van der Waals surface area contributed by atoms with Gasteiger partial charge in [0.1, 0.15) is 0 Å². The lowest BCUT2D eigenvalue weighted by molar-refractivity contribution is 0.0963. The summed E-state index contributed by atoms with van der Waals surface area (Å²) in [6.45, 7) is 4.82. The molecule has 1 rings (SSSR count). The first-order valence-corrected chi connectivity index (χ1v) is 6.00. The minimum Gasteiger partial charge on any atom is -0.330 e. The van der Waals surface area contributed by atoms with Gasteiger partial charge < -0.3 is 5.73 Å². The monoisotopic (exact) mass is 219 g/mol. The van der Waals surface area contributed by atoms with E-state index < -0.39 is 0 Å². The summed E-state index contributed by atoms with van der Waals surface area (Å²) in [5, 5.41) is 0. The molecule has 0 aliphatic heterocycles. The third-order valence-corrected chi connectivity index (χ3v) is 2.96. The second-order valence-corrected chi connectivity index (χ2v) is 4.34. The molecule has 16 heavy (non-hydrogen) atoms. The highest BCUT2D eigenvalue weighted by Gasteiger charge is 2.12. The lowest BCUT2D eigenvalue weighted by atomic mass is 9.94. The summed E-state index contributed by atoms with van der Waals surface area (Å²) in [6.07, 6.45) is 2.46. The molecule has 0 aromatic heterocycles. The van der Waals surface area contributed by atoms with E-state index in [1.807, 2.05) is 24.3 Å². The van der Waals surface area contributed by atoms with Gasteiger partial charge in [0.15, 0.2) is 5.78 Å². The first kappa shape index (κ1) is 12.9. The summed E-state index contributed by atoms with van der Waals surface area (Å²) in [6, 6.07) is 7.79. The summed E-state index contributed by atoms with van der Waals surface area (Å²) in [5.41, 5.74) is 7.48. The highest BCUT2D eigenvalue weighted by atomic mass is 16.1. The fraction of sp³-hybridized carbons (Fsp3) is 0.500. The van der Waals surface area contributed by atoms with Gasteiger partial charge in [-0.25, -0.2) is 0 Å². The van der Waals surface area contributed by atoms with Gasteiger partial charge in [0.05, 0.1) is 0 Å². The Labute approximate surface area is 97.9 Å². The van der Waals surface area contributed by atoms with Crippen LogP contribution in [0.5, 0.6) is 0 Å². The molecule has 0 spiro atoms. The van der Waals surface area contributed by atoms with E-state index in [1.165, 1.54) is 0 Å². The Morgan fingerprint density at radius 1 is 1.38 bits per heavy atom. The molecule has 0 aliphatic carbocycles. The average Bonchev–Trinajstić information content (AvgIpc) is 2.30. The standard InChI is InChI=1S/C14H21NO/c1-3-11(2)10-14(16)13-7-5-4-6-12(13)8-9-15/h4-7,11H,3,8-10,15H2,1-2H3. The van der Waals surface area contributed by atoms with E-state index in [2.05, 4.69) is 13.8 Å². The molecule has 1 aromatic carbocycles. The summed E-state index contributed by atoms with van der Waals surface area (Å²) in [4.78, 5) is 12.1. The average molecular weight is 219 g/mol. The fourth-order valence-corrected chi connectivity index (χ4v) is 1.74. The van der Waals surface area contributed by atoms with E-state index in [9.17, 15) is 4.79 Å². The van der Waals surface area contributed by atoms with E-state index in [1.54, 1.807) is 0 Å². The van der Waals surface area contributed by atoms with Gasteiger partial charge in [0.25, 0.3) is 0 Å². The number of hydrogen-bond donors (Lipinski definition) is 1. The van der Waals surface area contributed by atoms with Crippen LogP contribution in [0, 0.1) is 5.92 Å². The molecule has 0 amide bonds. The summed E-state index contributed by atoms with van der Waals surface area (Å²) in [5.74, 6) is 0.705. The van der Waals surface area contributed by atoms with Gasteiger partial charge in [-0.1, -0.05) is 44.5 Å². The van der Waals surface area contributed by atoms with Crippen LogP contribution in [0.3, 0.4) is 0 Å². The number of hydrogen-bond acceptors (Lipinski definition) is 2. The predicted octanol–water partition coefficient (Wildman–Crippen LogP) is 2.81. The number of carbonyl (C=O) groups is 1. The Balaban J connectivity index is 2.81. The van der Waals surface area contributed by atoms with E-state index in [4.69, 9.17) is 5.73 Å². The Hall–Kier alpha value is -1.15. The Morgan fingerprint density at radius 3 is 2.69 bits per heavy atom. The van der Waals surface area contributed by atoms with E-state index in [0.717, 1.165) is 24.0 Å². The molecular weight excluding hydrogens is 198 g/mol. The predicted molar refractivity (Wildman–Crippen MR) is 67.6 cm³/mol. The van der Waals surface area contributed by atoms with Crippen molar-refractivity contribution in [2.45, 2.75) is 33.1 Å². The molecule has 0 heterocycles. The molecule has 0 aliphatic rings. The molecule has 2 nitrogen and oxygen atoms in total. The summed E-state index contributed by atoms with van der Waals surface area (Å²) in [7, 11) is 0. The molecule has 1 aromatic rings. The molecule has 1 atom stereocenters. The van der Waals surface area contributed by atoms with Crippen LogP contribution in [0.25, 0.3) is 0 Å². The van der Waals surface area contributed by atoms with Crippen molar-refractivity contribution in [1.29, 1.82) is 0 Å². The molecule has 1 unspecified atom stereocenters. The van der Waals surface area contributed by atoms with Crippen LogP contribution < -0.4 is 5.73 Å². The zero-order valence-corrected chi connectivity index (χ0v) is 10.2. The van der Waals surface area contributed by atoms with Gasteiger partial charge >= 0.3 is 0 Å². The highest BCUT2D eigenvalue weighted by molar-refractivity contribution is 5.97. The van der Waals surface area contributed by atoms with Crippen molar-refractivity contribution in [2.75, 3.05) is 6.54 Å². The molecular formula is C14H21NO. The molecule has 2 heteroatoms. The topological polar surface area (TPSA) is 43.1 Å². The number of Topliss-reactive ketones (excluding diaryl/α,β-unsaturated/α-hetero) is 1. The second-order valence-electron chi connectivity index (χ2n) is 4.34. The van der Waals surface area contributed by atoms with Gasteiger partial charge in [-0.15, -0.1) is 0 Å². The minimum absolute atomic E-state index is 0.249. The SMILES string of the molecule is CCC(C)CC(=O)c1ccccc1CCN. The van der Waals surface area contributed by atoms with Gasteiger partial charge in [-0.05, 0) is 24.4 Å². The molecule has 88 valence electrons. The van der Waals surface area contributed by atoms with E-state index in [0.29, 0.717) is 18.9 Å². The van der Waals surface area contributed by atoms with Crippen LogP contribution in [0.4, 0.5) is 0 Å². The first-order valence-electron chi connectivity index (χ1n) is 6.00. The lowest BCUT2D eigenvalue weighted by Gasteiger charge is -2.10. The maximum Gasteiger partial charge on any atom is 0.163 e. The van der Waals surface area contributed by atoms with Crippen LogP contribution in [0.1, 0.15) is 42.6 Å². The van der Waals surface area contributed by atoms with Crippen molar-refractivity contribution in [3.05, 3.63) is 35.4 Å². The van der Waals surface area contributed by atoms with Crippen LogP contribution in [-0.4, -0.2) is 12.3 Å². The van der Waals surface area contributed by atoms with Crippen LogP contribution in [0.2, 0.25) is 0 Å². The Morgan fingerprint density at radius 2 is 2.06 bits per heavy atom. The zero-order chi connectivity index (χ0) is 12.0. The van der Waals surface area contributed by atoms with Crippen LogP contribution >= 0.6 is 0 Å². The van der Waals surface area contributed by atoms with Crippen molar-refractivity contribution in [1.82, 2.24) is 0 Å². The van der Waals surface area contributed by atoms with Gasteiger partial charge in [-0.2, -0.15) is 0 Å². The number of nitrogens with two attached hydrogens (primary N) is 1. The number of ketones is 1. The Kier molecular flexibility index (Phi) is 5.20. The molecule has 0 fully saturated rings. The van der Waals surface area contributed by atoms with Gasteiger partial charge in [0, 0.05) is 12.0 Å². The third-order valence-electron chi connectivity index (χ3n) is 2.96. The van der Waals surface area contributed by atoms with E-state index >= 15 is 0 Å². The second kappa shape index (κ2) is 6.44. The minimum atomic E-state index is 0.249. The normalized spacial score (nSPS) is 12.4. The van der Waals surface area contributed by atoms with Crippen molar-refractivity contribution < 1.29 is 4.79 Å². The zero-order valence-electron chi connectivity index (χ0n) is 10.2. The first-order chi connectivity index (χ1) is 7.69. The van der Waals surface area contributed by atoms with E-state index in [-0.39, 0.29) is 5.78 Å². The van der Waals surface area contributed by atoms with Crippen molar-refractivity contribution in [2.24, 2.45) is 11.7 Å². The number of carbonyl (C=O) groups excluding carboxylic acids is 1. The number of benzene rings is 1. The molecule has 0 saturated heterocycles. The summed E-state index contributed by atoms with van der Waals surface area (Å²) >= 11 is 0. The van der Waals surface area contributed by atoms with Crippen molar-refractivity contribution in [3.8, 4) is 0 Å². The van der Waals surface area contributed by atoms with Crippen molar-refractivity contribution >= 4 is 5.78 Å². The fourth-order valence-electron chi connectivity index (χ4n) is 1.74. The van der Waals surface area contributed by atoms with Crippen LogP contribution in [-0.2, 0) is 6.42 Å². The van der Waals surface area contributed by atoms with Crippen molar-refractivity contribution in [3.63, 3.8) is 0 Å². The smallest absolute Gasteiger partial charge is 0.163 e. The third kappa shape index (κ3) is 3.46. The highest BCUT2D eigenvalue weighted by Crippen LogP contribution is 2.16. The Bertz CT molecular complexity index is 346.